The highest BCUT2D eigenvalue weighted by Crippen LogP contribution is 2.31. The lowest BCUT2D eigenvalue weighted by atomic mass is 10.2. The average Bonchev–Trinajstić information content (AvgIpc) is 2.47. The van der Waals surface area contributed by atoms with Crippen LogP contribution in [0, 0.1) is 0 Å². The lowest BCUT2D eigenvalue weighted by Crippen LogP contribution is -1.96. The molecule has 0 saturated carbocycles. The highest BCUT2D eigenvalue weighted by molar-refractivity contribution is 9.10. The van der Waals surface area contributed by atoms with E-state index in [1.807, 2.05) is 11.4 Å². The number of thioether (sulfide) groups is 1. The van der Waals surface area contributed by atoms with Crippen LogP contribution in [0.1, 0.15) is 17.4 Å². The maximum atomic E-state index is 9.69. The minimum Gasteiger partial charge on any atom is -0.388 e. The highest BCUT2D eigenvalue weighted by atomic mass is 79.9. The molecule has 0 aromatic carbocycles. The van der Waals surface area contributed by atoms with E-state index >= 15 is 0 Å². The first-order chi connectivity index (χ1) is 5.75. The van der Waals surface area contributed by atoms with Gasteiger partial charge in [0.2, 0.25) is 0 Å². The van der Waals surface area contributed by atoms with E-state index in [0.29, 0.717) is 0 Å². The highest BCUT2D eigenvalue weighted by Gasteiger charge is 2.11. The molecule has 1 N–H and O–H groups in total. The first-order valence-corrected chi connectivity index (χ1v) is 6.72. The zero-order valence-electron chi connectivity index (χ0n) is 6.79. The van der Waals surface area contributed by atoms with Crippen LogP contribution in [-0.2, 0) is 0 Å². The van der Waals surface area contributed by atoms with Crippen molar-refractivity contribution in [1.82, 2.24) is 0 Å². The topological polar surface area (TPSA) is 20.2 Å². The lowest BCUT2D eigenvalue weighted by molar-refractivity contribution is 0.178. The van der Waals surface area contributed by atoms with Crippen LogP contribution in [-0.4, -0.2) is 17.1 Å². The quantitative estimate of drug-likeness (QED) is 0.903. The fraction of sp³-hybridized carbons (Fsp3) is 0.500. The lowest BCUT2D eigenvalue weighted by Gasteiger charge is -2.07. The third kappa shape index (κ3) is 2.76. The summed E-state index contributed by atoms with van der Waals surface area (Å²) in [5.74, 6) is 1.01. The van der Waals surface area contributed by atoms with Gasteiger partial charge in [0.15, 0.2) is 0 Å². The Kier molecular flexibility index (Phi) is 4.64. The molecule has 0 aliphatic rings. The van der Waals surface area contributed by atoms with Crippen LogP contribution in [0.25, 0.3) is 0 Å². The first kappa shape index (κ1) is 10.6. The average molecular weight is 267 g/mol. The Labute approximate surface area is 89.3 Å². The van der Waals surface area contributed by atoms with Gasteiger partial charge < -0.3 is 5.11 Å². The van der Waals surface area contributed by atoms with Gasteiger partial charge in [-0.25, -0.2) is 0 Å². The number of thiophene rings is 1. The summed E-state index contributed by atoms with van der Waals surface area (Å²) in [5.41, 5.74) is 0. The number of hydrogen-bond donors (Lipinski definition) is 1. The summed E-state index contributed by atoms with van der Waals surface area (Å²) < 4.78 is 1.03. The second-order valence-electron chi connectivity index (χ2n) is 2.43. The molecule has 68 valence electrons. The van der Waals surface area contributed by atoms with Crippen LogP contribution in [0.15, 0.2) is 15.9 Å². The number of halogens is 1. The molecule has 0 radical (unpaired) electrons. The molecule has 0 aliphatic carbocycles. The van der Waals surface area contributed by atoms with E-state index in [9.17, 15) is 5.11 Å². The molecule has 0 aliphatic heterocycles. The molecule has 1 unspecified atom stereocenters. The molecule has 1 atom stereocenters. The Morgan fingerprint density at radius 1 is 1.75 bits per heavy atom. The third-order valence-corrected chi connectivity index (χ3v) is 4.16. The Hall–Kier alpha value is 0.490. The van der Waals surface area contributed by atoms with Crippen LogP contribution < -0.4 is 0 Å². The molecule has 1 heterocycles. The van der Waals surface area contributed by atoms with E-state index < -0.39 is 0 Å². The molecule has 1 nitrogen and oxygen atoms in total. The zero-order valence-corrected chi connectivity index (χ0v) is 10.0. The van der Waals surface area contributed by atoms with E-state index in [4.69, 9.17) is 0 Å². The molecule has 0 fully saturated rings. The van der Waals surface area contributed by atoms with E-state index in [1.54, 1.807) is 23.1 Å². The summed E-state index contributed by atoms with van der Waals surface area (Å²) in [7, 11) is 0. The number of aliphatic hydroxyl groups excluding tert-OH is 1. The van der Waals surface area contributed by atoms with Crippen molar-refractivity contribution in [3.63, 3.8) is 0 Å². The van der Waals surface area contributed by atoms with Gasteiger partial charge in [-0.3, -0.25) is 0 Å². The van der Waals surface area contributed by atoms with E-state index in [2.05, 4.69) is 22.2 Å². The normalized spacial score (nSPS) is 13.2. The van der Waals surface area contributed by atoms with Crippen LogP contribution in [0.4, 0.5) is 0 Å². The van der Waals surface area contributed by atoms with Crippen molar-refractivity contribution in [2.75, 3.05) is 12.0 Å². The van der Waals surface area contributed by atoms with Crippen molar-refractivity contribution >= 4 is 39.0 Å². The minimum atomic E-state index is -0.299. The van der Waals surface area contributed by atoms with Crippen LogP contribution >= 0.6 is 39.0 Å². The fourth-order valence-corrected chi connectivity index (χ4v) is 3.02. The Balaban J connectivity index is 2.52. The second-order valence-corrected chi connectivity index (χ2v) is 5.22. The molecule has 0 amide bonds. The van der Waals surface area contributed by atoms with E-state index in [0.717, 1.165) is 21.5 Å². The molecule has 0 saturated heterocycles. The summed E-state index contributed by atoms with van der Waals surface area (Å²) in [5, 5.41) is 11.7. The van der Waals surface area contributed by atoms with Crippen molar-refractivity contribution < 1.29 is 5.11 Å². The molecule has 0 spiro atoms. The standard InChI is InChI=1S/C8H11BrOS2/c1-11-4-3-7(10)8-6(9)2-5-12-8/h2,5,7,10H,3-4H2,1H3. The summed E-state index contributed by atoms with van der Waals surface area (Å²) in [6.07, 6.45) is 2.59. The Bertz CT molecular complexity index is 237. The predicted molar refractivity (Wildman–Crippen MR) is 60.0 cm³/mol. The monoisotopic (exact) mass is 266 g/mol. The zero-order chi connectivity index (χ0) is 8.97. The SMILES string of the molecule is CSCCC(O)c1sccc1Br. The van der Waals surface area contributed by atoms with Gasteiger partial charge >= 0.3 is 0 Å². The molecule has 1 rings (SSSR count). The molecule has 1 aromatic rings. The first-order valence-electron chi connectivity index (χ1n) is 3.65. The van der Waals surface area contributed by atoms with Crippen molar-refractivity contribution in [2.45, 2.75) is 12.5 Å². The van der Waals surface area contributed by atoms with Gasteiger partial charge in [0.05, 0.1) is 6.10 Å². The fourth-order valence-electron chi connectivity index (χ4n) is 0.904. The number of hydrogen-bond acceptors (Lipinski definition) is 3. The van der Waals surface area contributed by atoms with Crippen molar-refractivity contribution in [3.8, 4) is 0 Å². The van der Waals surface area contributed by atoms with Crippen LogP contribution in [0.5, 0.6) is 0 Å². The van der Waals surface area contributed by atoms with Gasteiger partial charge in [0, 0.05) is 9.35 Å². The summed E-state index contributed by atoms with van der Waals surface area (Å²) in [6.45, 7) is 0. The molecule has 0 bridgehead atoms. The summed E-state index contributed by atoms with van der Waals surface area (Å²) in [4.78, 5) is 1.05. The van der Waals surface area contributed by atoms with Gasteiger partial charge in [-0.15, -0.1) is 11.3 Å². The van der Waals surface area contributed by atoms with Gasteiger partial charge in [-0.1, -0.05) is 0 Å². The van der Waals surface area contributed by atoms with Crippen molar-refractivity contribution in [1.29, 1.82) is 0 Å². The third-order valence-electron chi connectivity index (χ3n) is 1.54. The van der Waals surface area contributed by atoms with Gasteiger partial charge in [0.1, 0.15) is 0 Å². The maximum Gasteiger partial charge on any atom is 0.0901 e. The Morgan fingerprint density at radius 3 is 3.00 bits per heavy atom. The number of rotatable bonds is 4. The molecule has 12 heavy (non-hydrogen) atoms. The minimum absolute atomic E-state index is 0.299. The van der Waals surface area contributed by atoms with Gasteiger partial charge in [0.25, 0.3) is 0 Å². The van der Waals surface area contributed by atoms with Gasteiger partial charge in [-0.05, 0) is 45.8 Å². The maximum absolute atomic E-state index is 9.69. The Morgan fingerprint density at radius 2 is 2.50 bits per heavy atom. The smallest absolute Gasteiger partial charge is 0.0901 e. The van der Waals surface area contributed by atoms with E-state index in [1.165, 1.54) is 0 Å². The summed E-state index contributed by atoms with van der Waals surface area (Å²) in [6, 6.07) is 1.97. The number of aliphatic hydroxyl groups is 1. The molecule has 1 aromatic heterocycles. The predicted octanol–water partition coefficient (Wildman–Crippen LogP) is 3.30. The van der Waals surface area contributed by atoms with E-state index in [-0.39, 0.29) is 6.10 Å². The largest absolute Gasteiger partial charge is 0.388 e. The van der Waals surface area contributed by atoms with Crippen LogP contribution in [0.2, 0.25) is 0 Å². The molecular formula is C8H11BrOS2. The molecule has 4 heteroatoms. The van der Waals surface area contributed by atoms with Gasteiger partial charge in [-0.2, -0.15) is 11.8 Å². The van der Waals surface area contributed by atoms with Crippen molar-refractivity contribution in [3.05, 3.63) is 20.8 Å². The second kappa shape index (κ2) is 5.27. The molecular weight excluding hydrogens is 256 g/mol. The summed E-state index contributed by atoms with van der Waals surface area (Å²) >= 11 is 6.77. The van der Waals surface area contributed by atoms with Crippen LogP contribution in [0.3, 0.4) is 0 Å². The van der Waals surface area contributed by atoms with Crippen molar-refractivity contribution in [2.24, 2.45) is 0 Å².